The van der Waals surface area contributed by atoms with E-state index < -0.39 is 0 Å². The van der Waals surface area contributed by atoms with Gasteiger partial charge in [0.15, 0.2) is 0 Å². The third kappa shape index (κ3) is 3.22. The minimum Gasteiger partial charge on any atom is -0.335 e. The summed E-state index contributed by atoms with van der Waals surface area (Å²) in [6, 6.07) is 8.48. The average Bonchev–Trinajstić information content (AvgIpc) is 3.00. The lowest BCUT2D eigenvalue weighted by Gasteiger charge is -2.23. The standard InChI is InChI=1S/C18H26N2O/c1-18(2,3)14-6-8-15(9-7-14)19-17(21)20-16-11-12-4-5-13(16)10-12/h6-9,12-13,16H,4-5,10-11H2,1-3H3,(H2,19,20,21). The first-order chi connectivity index (χ1) is 9.91. The van der Waals surface area contributed by atoms with E-state index in [1.807, 2.05) is 12.1 Å². The summed E-state index contributed by atoms with van der Waals surface area (Å²) in [5, 5.41) is 6.11. The molecular weight excluding hydrogens is 260 g/mol. The van der Waals surface area contributed by atoms with Crippen LogP contribution in [0, 0.1) is 11.8 Å². The molecule has 0 radical (unpaired) electrons. The molecule has 3 heteroatoms. The van der Waals surface area contributed by atoms with Crippen LogP contribution in [-0.2, 0) is 5.41 Å². The van der Waals surface area contributed by atoms with E-state index >= 15 is 0 Å². The maximum absolute atomic E-state index is 12.1. The number of urea groups is 1. The number of benzene rings is 1. The van der Waals surface area contributed by atoms with Gasteiger partial charge in [0.25, 0.3) is 0 Å². The fourth-order valence-corrected chi connectivity index (χ4v) is 3.81. The minimum atomic E-state index is -0.0592. The Morgan fingerprint density at radius 1 is 1.10 bits per heavy atom. The molecule has 0 aromatic heterocycles. The minimum absolute atomic E-state index is 0.0592. The van der Waals surface area contributed by atoms with Crippen LogP contribution >= 0.6 is 0 Å². The molecule has 21 heavy (non-hydrogen) atoms. The van der Waals surface area contributed by atoms with Crippen LogP contribution in [0.4, 0.5) is 10.5 Å². The smallest absolute Gasteiger partial charge is 0.319 e. The molecule has 1 aromatic rings. The van der Waals surface area contributed by atoms with Gasteiger partial charge >= 0.3 is 6.03 Å². The Labute approximate surface area is 127 Å². The molecule has 0 saturated heterocycles. The Balaban J connectivity index is 1.55. The van der Waals surface area contributed by atoms with Gasteiger partial charge in [-0.15, -0.1) is 0 Å². The van der Waals surface area contributed by atoms with Crippen molar-refractivity contribution in [3.63, 3.8) is 0 Å². The highest BCUT2D eigenvalue weighted by atomic mass is 16.2. The van der Waals surface area contributed by atoms with Gasteiger partial charge in [-0.25, -0.2) is 4.79 Å². The van der Waals surface area contributed by atoms with Crippen LogP contribution in [0.3, 0.4) is 0 Å². The van der Waals surface area contributed by atoms with E-state index in [-0.39, 0.29) is 11.4 Å². The summed E-state index contributed by atoms with van der Waals surface area (Å²) in [6.07, 6.45) is 5.13. The van der Waals surface area contributed by atoms with Crippen LogP contribution in [0.5, 0.6) is 0 Å². The third-order valence-corrected chi connectivity index (χ3v) is 5.06. The molecule has 0 spiro atoms. The fourth-order valence-electron chi connectivity index (χ4n) is 3.81. The molecule has 1 aromatic carbocycles. The number of carbonyl (C=O) groups excluding carboxylic acids is 1. The lowest BCUT2D eigenvalue weighted by Crippen LogP contribution is -2.40. The molecule has 2 fully saturated rings. The SMILES string of the molecule is CC(C)(C)c1ccc(NC(=O)NC2CC3CCC2C3)cc1. The van der Waals surface area contributed by atoms with Gasteiger partial charge in [-0.1, -0.05) is 39.3 Å². The Morgan fingerprint density at radius 2 is 1.81 bits per heavy atom. The van der Waals surface area contributed by atoms with Gasteiger partial charge in [0.1, 0.15) is 0 Å². The summed E-state index contributed by atoms with van der Waals surface area (Å²) >= 11 is 0. The van der Waals surface area contributed by atoms with Crippen molar-refractivity contribution in [1.82, 2.24) is 5.32 Å². The molecule has 2 aliphatic rings. The highest BCUT2D eigenvalue weighted by Gasteiger charge is 2.40. The molecule has 3 rings (SSSR count). The van der Waals surface area contributed by atoms with Crippen LogP contribution < -0.4 is 10.6 Å². The van der Waals surface area contributed by atoms with Gasteiger partial charge < -0.3 is 10.6 Å². The number of amides is 2. The normalized spacial score (nSPS) is 27.7. The van der Waals surface area contributed by atoms with Crippen molar-refractivity contribution in [2.75, 3.05) is 5.32 Å². The molecular formula is C18H26N2O. The highest BCUT2D eigenvalue weighted by molar-refractivity contribution is 5.89. The fraction of sp³-hybridized carbons (Fsp3) is 0.611. The maximum Gasteiger partial charge on any atom is 0.319 e. The summed E-state index contributed by atoms with van der Waals surface area (Å²) in [7, 11) is 0. The van der Waals surface area contributed by atoms with Crippen molar-refractivity contribution >= 4 is 11.7 Å². The van der Waals surface area contributed by atoms with Crippen LogP contribution in [0.2, 0.25) is 0 Å². The van der Waals surface area contributed by atoms with Crippen molar-refractivity contribution < 1.29 is 4.79 Å². The second kappa shape index (κ2) is 5.36. The van der Waals surface area contributed by atoms with E-state index in [0.29, 0.717) is 12.0 Å². The molecule has 3 unspecified atom stereocenters. The van der Waals surface area contributed by atoms with Crippen molar-refractivity contribution in [2.45, 2.75) is 57.9 Å². The van der Waals surface area contributed by atoms with Crippen LogP contribution in [-0.4, -0.2) is 12.1 Å². The molecule has 2 saturated carbocycles. The Bertz CT molecular complexity index is 515. The number of hydrogen-bond donors (Lipinski definition) is 2. The van der Waals surface area contributed by atoms with Gasteiger partial charge in [-0.3, -0.25) is 0 Å². The lowest BCUT2D eigenvalue weighted by molar-refractivity contribution is 0.242. The van der Waals surface area contributed by atoms with E-state index in [1.54, 1.807) is 0 Å². The van der Waals surface area contributed by atoms with Crippen LogP contribution in [0.1, 0.15) is 52.0 Å². The molecule has 2 bridgehead atoms. The third-order valence-electron chi connectivity index (χ3n) is 5.06. The molecule has 3 atom stereocenters. The predicted octanol–water partition coefficient (Wildman–Crippen LogP) is 4.29. The second-order valence-corrected chi connectivity index (χ2v) is 7.71. The molecule has 114 valence electrons. The van der Waals surface area contributed by atoms with Crippen molar-refractivity contribution in [1.29, 1.82) is 0 Å². The number of carbonyl (C=O) groups is 1. The number of anilines is 1. The van der Waals surface area contributed by atoms with E-state index in [4.69, 9.17) is 0 Å². The molecule has 3 nitrogen and oxygen atoms in total. The van der Waals surface area contributed by atoms with Gasteiger partial charge in [0, 0.05) is 11.7 Å². The van der Waals surface area contributed by atoms with Gasteiger partial charge in [-0.2, -0.15) is 0 Å². The number of hydrogen-bond acceptors (Lipinski definition) is 1. The summed E-state index contributed by atoms with van der Waals surface area (Å²) in [4.78, 5) is 12.1. The predicted molar refractivity (Wildman–Crippen MR) is 86.5 cm³/mol. The highest BCUT2D eigenvalue weighted by Crippen LogP contribution is 2.44. The molecule has 2 N–H and O–H groups in total. The molecule has 2 amide bonds. The summed E-state index contributed by atoms with van der Waals surface area (Å²) in [5.41, 5.74) is 2.29. The zero-order chi connectivity index (χ0) is 15.0. The Hall–Kier alpha value is -1.51. The molecule has 0 heterocycles. The van der Waals surface area contributed by atoms with Gasteiger partial charge in [0.05, 0.1) is 0 Å². The first kappa shape index (κ1) is 14.4. The zero-order valence-corrected chi connectivity index (χ0v) is 13.3. The second-order valence-electron chi connectivity index (χ2n) is 7.71. The average molecular weight is 286 g/mol. The number of nitrogens with one attached hydrogen (secondary N) is 2. The maximum atomic E-state index is 12.1. The van der Waals surface area contributed by atoms with Crippen molar-refractivity contribution in [3.8, 4) is 0 Å². The van der Waals surface area contributed by atoms with Crippen molar-refractivity contribution in [3.05, 3.63) is 29.8 Å². The summed E-state index contributed by atoms with van der Waals surface area (Å²) in [5.74, 6) is 1.57. The molecule has 0 aliphatic heterocycles. The van der Waals surface area contributed by atoms with E-state index in [0.717, 1.165) is 11.6 Å². The largest absolute Gasteiger partial charge is 0.335 e. The monoisotopic (exact) mass is 286 g/mol. The topological polar surface area (TPSA) is 41.1 Å². The van der Waals surface area contributed by atoms with Crippen LogP contribution in [0.25, 0.3) is 0 Å². The van der Waals surface area contributed by atoms with Gasteiger partial charge in [0.2, 0.25) is 0 Å². The Morgan fingerprint density at radius 3 is 2.33 bits per heavy atom. The van der Waals surface area contributed by atoms with Crippen molar-refractivity contribution in [2.24, 2.45) is 11.8 Å². The van der Waals surface area contributed by atoms with E-state index in [1.165, 1.54) is 31.2 Å². The molecule has 2 aliphatic carbocycles. The number of fused-ring (bicyclic) bond motifs is 2. The van der Waals surface area contributed by atoms with E-state index in [9.17, 15) is 4.79 Å². The lowest BCUT2D eigenvalue weighted by atomic mass is 9.87. The summed E-state index contributed by atoms with van der Waals surface area (Å²) in [6.45, 7) is 6.58. The quantitative estimate of drug-likeness (QED) is 0.836. The Kier molecular flexibility index (Phi) is 3.68. The summed E-state index contributed by atoms with van der Waals surface area (Å²) < 4.78 is 0. The van der Waals surface area contributed by atoms with Crippen LogP contribution in [0.15, 0.2) is 24.3 Å². The zero-order valence-electron chi connectivity index (χ0n) is 13.3. The number of rotatable bonds is 2. The van der Waals surface area contributed by atoms with E-state index in [2.05, 4.69) is 43.5 Å². The van der Waals surface area contributed by atoms with Gasteiger partial charge in [-0.05, 0) is 54.2 Å². The first-order valence-corrected chi connectivity index (χ1v) is 8.10. The first-order valence-electron chi connectivity index (χ1n) is 8.10.